The number of benzene rings is 2. The molecule has 0 bridgehead atoms. The molecule has 7 heteroatoms. The average Bonchev–Trinajstić information content (AvgIpc) is 2.70. The molecule has 0 atom stereocenters. The van der Waals surface area contributed by atoms with Gasteiger partial charge in [0.25, 0.3) is 5.96 Å². The van der Waals surface area contributed by atoms with Gasteiger partial charge in [0.05, 0.1) is 12.8 Å². The molecule has 3 aromatic rings. The Hall–Kier alpha value is -3.19. The van der Waals surface area contributed by atoms with E-state index in [4.69, 9.17) is 15.5 Å². The highest BCUT2D eigenvalue weighted by atomic mass is 16.5. The van der Waals surface area contributed by atoms with Gasteiger partial charge in [0.1, 0.15) is 24.6 Å². The van der Waals surface area contributed by atoms with E-state index in [-0.39, 0.29) is 0 Å². The average molecular weight is 363 g/mol. The Balaban J connectivity index is 1.65. The number of methoxy groups -OCH3 is 1. The van der Waals surface area contributed by atoms with E-state index in [0.29, 0.717) is 25.2 Å². The summed E-state index contributed by atoms with van der Waals surface area (Å²) < 4.78 is 7.21. The van der Waals surface area contributed by atoms with E-state index in [9.17, 15) is 0 Å². The maximum Gasteiger partial charge on any atom is 0.358 e. The fourth-order valence-corrected chi connectivity index (χ4v) is 3.23. The van der Waals surface area contributed by atoms with Gasteiger partial charge in [0, 0.05) is 11.9 Å². The molecular formula is C20H23N6O+. The third-order valence-corrected chi connectivity index (χ3v) is 4.69. The van der Waals surface area contributed by atoms with Gasteiger partial charge in [-0.2, -0.15) is 0 Å². The first-order chi connectivity index (χ1) is 13.1. The molecule has 1 aromatic heterocycles. The molecule has 0 fully saturated rings. The van der Waals surface area contributed by atoms with Crippen LogP contribution in [0, 0.1) is 6.92 Å². The van der Waals surface area contributed by atoms with Crippen molar-refractivity contribution >= 4 is 22.8 Å². The summed E-state index contributed by atoms with van der Waals surface area (Å²) in [6.45, 7) is 4.10. The number of guanidine groups is 1. The minimum Gasteiger partial charge on any atom is -0.497 e. The van der Waals surface area contributed by atoms with Crippen molar-refractivity contribution in [3.63, 3.8) is 0 Å². The first kappa shape index (κ1) is 17.2. The number of hydrogen-bond donors (Lipinski definition) is 2. The van der Waals surface area contributed by atoms with Crippen LogP contribution < -0.4 is 15.8 Å². The molecule has 7 nitrogen and oxygen atoms in total. The zero-order valence-corrected chi connectivity index (χ0v) is 15.5. The maximum atomic E-state index is 6.21. The molecule has 0 amide bonds. The molecule has 0 radical (unpaired) electrons. The summed E-state index contributed by atoms with van der Waals surface area (Å²) in [5, 5.41) is 4.21. The second kappa shape index (κ2) is 7.20. The Kier molecular flexibility index (Phi) is 4.60. The number of aryl methyl sites for hydroxylation is 1. The lowest BCUT2D eigenvalue weighted by Crippen LogP contribution is -2.53. The molecule has 138 valence electrons. The van der Waals surface area contributed by atoms with Crippen LogP contribution in [-0.4, -0.2) is 45.9 Å². The molecule has 0 aliphatic carbocycles. The van der Waals surface area contributed by atoms with Gasteiger partial charge in [-0.15, -0.1) is 9.97 Å². The van der Waals surface area contributed by atoms with Crippen LogP contribution in [0.5, 0.6) is 5.75 Å². The van der Waals surface area contributed by atoms with Crippen molar-refractivity contribution < 1.29 is 9.31 Å². The van der Waals surface area contributed by atoms with Gasteiger partial charge in [-0.05, 0) is 30.7 Å². The molecule has 1 aliphatic rings. The van der Waals surface area contributed by atoms with E-state index >= 15 is 0 Å². The third kappa shape index (κ3) is 3.54. The number of nitrogens with zero attached hydrogens (tertiary/aromatic N) is 4. The molecule has 2 heterocycles. The van der Waals surface area contributed by atoms with Crippen molar-refractivity contribution in [2.45, 2.75) is 13.5 Å². The SMILES string of the molecule is COc1ccc2nc([N+]3=C(N)NCN(Cc4ccccc4)C3)nc(C)c2c1. The summed E-state index contributed by atoms with van der Waals surface area (Å²) in [6.07, 6.45) is 0. The van der Waals surface area contributed by atoms with Crippen LogP contribution in [-0.2, 0) is 6.54 Å². The summed E-state index contributed by atoms with van der Waals surface area (Å²) >= 11 is 0. The Morgan fingerprint density at radius 2 is 2.00 bits per heavy atom. The van der Waals surface area contributed by atoms with Crippen molar-refractivity contribution in [2.24, 2.45) is 5.73 Å². The molecule has 27 heavy (non-hydrogen) atoms. The van der Waals surface area contributed by atoms with Crippen molar-refractivity contribution in [3.05, 3.63) is 59.8 Å². The highest BCUT2D eigenvalue weighted by Crippen LogP contribution is 2.23. The van der Waals surface area contributed by atoms with Crippen LogP contribution >= 0.6 is 0 Å². The monoisotopic (exact) mass is 363 g/mol. The number of rotatable bonds is 4. The molecule has 0 unspecified atom stereocenters. The fraction of sp³-hybridized carbons (Fsp3) is 0.250. The molecule has 1 aliphatic heterocycles. The smallest absolute Gasteiger partial charge is 0.358 e. The zero-order valence-electron chi connectivity index (χ0n) is 15.5. The van der Waals surface area contributed by atoms with E-state index < -0.39 is 0 Å². The number of hydrogen-bond acceptors (Lipinski definition) is 6. The summed E-state index contributed by atoms with van der Waals surface area (Å²) in [5.74, 6) is 1.95. The minimum atomic E-state index is 0.562. The second-order valence-electron chi connectivity index (χ2n) is 6.60. The van der Waals surface area contributed by atoms with Gasteiger partial charge in [-0.1, -0.05) is 30.3 Å². The Labute approximate surface area is 158 Å². The van der Waals surface area contributed by atoms with E-state index in [0.717, 1.165) is 28.9 Å². The maximum absolute atomic E-state index is 6.21. The first-order valence-electron chi connectivity index (χ1n) is 8.86. The number of nitrogens with one attached hydrogen (secondary N) is 1. The van der Waals surface area contributed by atoms with Gasteiger partial charge in [-0.25, -0.2) is 9.48 Å². The van der Waals surface area contributed by atoms with E-state index in [1.165, 1.54) is 5.56 Å². The molecule has 0 spiro atoms. The van der Waals surface area contributed by atoms with Gasteiger partial charge in [0.2, 0.25) is 0 Å². The second-order valence-corrected chi connectivity index (χ2v) is 6.60. The van der Waals surface area contributed by atoms with Crippen molar-refractivity contribution in [1.82, 2.24) is 20.2 Å². The summed E-state index contributed by atoms with van der Waals surface area (Å²) in [4.78, 5) is 11.7. The highest BCUT2D eigenvalue weighted by molar-refractivity contribution is 5.83. The third-order valence-electron chi connectivity index (χ3n) is 4.69. The Bertz CT molecular complexity index is 1000. The number of ether oxygens (including phenoxy) is 1. The van der Waals surface area contributed by atoms with Crippen LogP contribution in [0.4, 0.5) is 5.95 Å². The van der Waals surface area contributed by atoms with Crippen LogP contribution in [0.15, 0.2) is 48.5 Å². The number of nitrogens with two attached hydrogens (primary N) is 1. The summed E-state index contributed by atoms with van der Waals surface area (Å²) in [7, 11) is 1.65. The molecule has 4 rings (SSSR count). The topological polar surface area (TPSA) is 79.3 Å². The standard InChI is InChI=1S/C20H22N6O/c1-14-17-10-16(27-2)8-9-18(17)24-20(23-14)26-13-25(12-22-19(26)21)11-15-6-4-3-5-7-15/h3-10H,11-13H2,1-2H3,(H2,21,22)/p+1. The van der Waals surface area contributed by atoms with E-state index in [1.807, 2.05) is 35.8 Å². The fourth-order valence-electron chi connectivity index (χ4n) is 3.23. The first-order valence-corrected chi connectivity index (χ1v) is 8.86. The summed E-state index contributed by atoms with van der Waals surface area (Å²) in [5.41, 5.74) is 9.22. The van der Waals surface area contributed by atoms with Gasteiger partial charge in [0.15, 0.2) is 0 Å². The lowest BCUT2D eigenvalue weighted by atomic mass is 10.2. The Morgan fingerprint density at radius 1 is 1.19 bits per heavy atom. The van der Waals surface area contributed by atoms with Crippen LogP contribution in [0.3, 0.4) is 0 Å². The summed E-state index contributed by atoms with van der Waals surface area (Å²) in [6, 6.07) is 16.2. The van der Waals surface area contributed by atoms with Crippen LogP contribution in [0.1, 0.15) is 11.3 Å². The number of aromatic nitrogens is 2. The number of fused-ring (bicyclic) bond motifs is 1. The van der Waals surface area contributed by atoms with E-state index in [1.54, 1.807) is 7.11 Å². The van der Waals surface area contributed by atoms with Crippen LogP contribution in [0.25, 0.3) is 10.9 Å². The van der Waals surface area contributed by atoms with Gasteiger partial charge < -0.3 is 10.5 Å². The molecule has 3 N–H and O–H groups in total. The lowest BCUT2D eigenvalue weighted by molar-refractivity contribution is -0.486. The van der Waals surface area contributed by atoms with Crippen molar-refractivity contribution in [2.75, 3.05) is 20.4 Å². The van der Waals surface area contributed by atoms with Crippen LogP contribution in [0.2, 0.25) is 0 Å². The minimum absolute atomic E-state index is 0.562. The quantitative estimate of drug-likeness (QED) is 0.690. The van der Waals surface area contributed by atoms with Crippen molar-refractivity contribution in [1.29, 1.82) is 0 Å². The normalized spacial score (nSPS) is 15.0. The van der Waals surface area contributed by atoms with Gasteiger partial charge in [-0.3, -0.25) is 5.32 Å². The lowest BCUT2D eigenvalue weighted by Gasteiger charge is -2.27. The molecule has 0 saturated carbocycles. The largest absolute Gasteiger partial charge is 0.497 e. The van der Waals surface area contributed by atoms with E-state index in [2.05, 4.69) is 39.5 Å². The highest BCUT2D eigenvalue weighted by Gasteiger charge is 2.24. The Morgan fingerprint density at radius 3 is 2.78 bits per heavy atom. The molecule has 0 saturated heterocycles. The predicted octanol–water partition coefficient (Wildman–Crippen LogP) is 1.93. The molecular weight excluding hydrogens is 340 g/mol. The van der Waals surface area contributed by atoms with Gasteiger partial charge >= 0.3 is 5.95 Å². The van der Waals surface area contributed by atoms with Crippen molar-refractivity contribution in [3.8, 4) is 5.75 Å². The molecule has 2 aromatic carbocycles. The zero-order chi connectivity index (χ0) is 18.8. The predicted molar refractivity (Wildman–Crippen MR) is 105 cm³/mol.